The van der Waals surface area contributed by atoms with Gasteiger partial charge >= 0.3 is 0 Å². The molecule has 1 aromatic rings. The smallest absolute Gasteiger partial charge is 0.285 e. The van der Waals surface area contributed by atoms with Crippen LogP contribution in [0.1, 0.15) is 13.8 Å². The highest BCUT2D eigenvalue weighted by Gasteiger charge is 2.33. The molecule has 0 bridgehead atoms. The Morgan fingerprint density at radius 2 is 2.05 bits per heavy atom. The molecule has 0 radical (unpaired) electrons. The maximum atomic E-state index is 11.9. The Kier molecular flexibility index (Phi) is 3.53. The monoisotopic (exact) mass is 296 g/mol. The number of carbonyl (C=O) groups is 1. The minimum atomic E-state index is -3.65. The van der Waals surface area contributed by atoms with E-state index in [0.29, 0.717) is 5.69 Å². The van der Waals surface area contributed by atoms with Crippen molar-refractivity contribution in [2.75, 3.05) is 11.4 Å². The number of amides is 1. The number of hydrogen-bond acceptors (Lipinski definition) is 5. The maximum Gasteiger partial charge on any atom is 0.285 e. The zero-order valence-electron chi connectivity index (χ0n) is 11.2. The number of carbonyl (C=O) groups excluding carboxylic acids is 1. The number of rotatable bonds is 3. The van der Waals surface area contributed by atoms with Gasteiger partial charge < -0.3 is 4.90 Å². The summed E-state index contributed by atoms with van der Waals surface area (Å²) in [6.45, 7) is 3.69. The van der Waals surface area contributed by atoms with Gasteiger partial charge in [0.25, 0.3) is 10.0 Å². The van der Waals surface area contributed by atoms with Crippen molar-refractivity contribution in [2.45, 2.75) is 18.7 Å². The fraction of sp³-hybridized carbons (Fsp3) is 0.333. The van der Waals surface area contributed by atoms with E-state index in [-0.39, 0.29) is 17.3 Å². The first-order valence-electron chi connectivity index (χ1n) is 5.95. The van der Waals surface area contributed by atoms with Gasteiger partial charge in [0.2, 0.25) is 5.91 Å². The van der Waals surface area contributed by atoms with Crippen LogP contribution in [0, 0.1) is 5.41 Å². The largest absolute Gasteiger partial charge is 0.329 e. The van der Waals surface area contributed by atoms with Gasteiger partial charge in [-0.2, -0.15) is 8.42 Å². The third-order valence-electron chi connectivity index (χ3n) is 3.09. The molecule has 1 aromatic carbocycles. The van der Waals surface area contributed by atoms with Gasteiger partial charge in [-0.15, -0.1) is 4.40 Å². The summed E-state index contributed by atoms with van der Waals surface area (Å²) in [6, 6.07) is 6.53. The van der Waals surface area contributed by atoms with Crippen LogP contribution in [-0.2, 0) is 14.8 Å². The highest BCUT2D eigenvalue weighted by molar-refractivity contribution is 7.90. The topological polar surface area (TPSA) is 105 Å². The zero-order valence-corrected chi connectivity index (χ0v) is 12.0. The molecule has 0 aromatic heterocycles. The Balaban J connectivity index is 2.39. The number of sulfonamides is 1. The SMILES string of the molecule is CC(C)(CN1C=NS(=O)(=O)c2ccccc21)C(=O)NN. The Hall–Kier alpha value is -1.93. The van der Waals surface area contributed by atoms with Crippen LogP contribution >= 0.6 is 0 Å². The van der Waals surface area contributed by atoms with E-state index in [2.05, 4.69) is 9.82 Å². The second-order valence-electron chi connectivity index (χ2n) is 5.15. The predicted molar refractivity (Wildman–Crippen MR) is 75.6 cm³/mol. The van der Waals surface area contributed by atoms with Crippen LogP contribution in [0.3, 0.4) is 0 Å². The standard InChI is InChI=1S/C12H16N4O3S/c1-12(2,11(17)15-13)7-16-8-14-20(18,19)10-6-4-3-5-9(10)16/h3-6,8H,7,13H2,1-2H3,(H,15,17). The second kappa shape index (κ2) is 4.88. The highest BCUT2D eigenvalue weighted by atomic mass is 32.2. The van der Waals surface area contributed by atoms with Gasteiger partial charge in [-0.25, -0.2) is 5.84 Å². The van der Waals surface area contributed by atoms with E-state index in [1.165, 1.54) is 12.4 Å². The van der Waals surface area contributed by atoms with Crippen LogP contribution in [0.25, 0.3) is 0 Å². The minimum Gasteiger partial charge on any atom is -0.329 e. The number of anilines is 1. The van der Waals surface area contributed by atoms with E-state index in [1.807, 2.05) is 0 Å². The quantitative estimate of drug-likeness (QED) is 0.472. The number of nitrogens with two attached hydrogens (primary N) is 1. The normalized spacial score (nSPS) is 16.6. The summed E-state index contributed by atoms with van der Waals surface area (Å²) in [5, 5.41) is 0. The molecule has 2 rings (SSSR count). The van der Waals surface area contributed by atoms with E-state index in [9.17, 15) is 13.2 Å². The fourth-order valence-electron chi connectivity index (χ4n) is 1.97. The van der Waals surface area contributed by atoms with Crippen molar-refractivity contribution >= 4 is 28.0 Å². The number of nitrogens with one attached hydrogen (secondary N) is 1. The van der Waals surface area contributed by atoms with Gasteiger partial charge in [-0.05, 0) is 26.0 Å². The maximum absolute atomic E-state index is 11.9. The zero-order chi connectivity index (χ0) is 15.0. The average molecular weight is 296 g/mol. The van der Waals surface area contributed by atoms with Crippen LogP contribution in [0.15, 0.2) is 33.6 Å². The van der Waals surface area contributed by atoms with E-state index in [0.717, 1.165) is 0 Å². The minimum absolute atomic E-state index is 0.131. The van der Waals surface area contributed by atoms with Gasteiger partial charge in [0.1, 0.15) is 11.2 Å². The van der Waals surface area contributed by atoms with Crippen molar-refractivity contribution in [3.63, 3.8) is 0 Å². The molecule has 20 heavy (non-hydrogen) atoms. The number of nitrogens with zero attached hydrogens (tertiary/aromatic N) is 2. The molecule has 0 atom stereocenters. The van der Waals surface area contributed by atoms with Gasteiger partial charge in [0.15, 0.2) is 0 Å². The Labute approximate surface area is 117 Å². The molecule has 1 heterocycles. The molecule has 0 aliphatic carbocycles. The van der Waals surface area contributed by atoms with Gasteiger partial charge in [0, 0.05) is 6.54 Å². The summed E-state index contributed by atoms with van der Waals surface area (Å²) in [7, 11) is -3.65. The van der Waals surface area contributed by atoms with Crippen molar-refractivity contribution in [1.29, 1.82) is 0 Å². The summed E-state index contributed by atoms with van der Waals surface area (Å²) in [5.74, 6) is 4.82. The Morgan fingerprint density at radius 1 is 1.40 bits per heavy atom. The lowest BCUT2D eigenvalue weighted by Crippen LogP contribution is -2.47. The lowest BCUT2D eigenvalue weighted by Gasteiger charge is -2.32. The van der Waals surface area contributed by atoms with E-state index in [4.69, 9.17) is 5.84 Å². The molecule has 0 saturated carbocycles. The van der Waals surface area contributed by atoms with Crippen molar-refractivity contribution < 1.29 is 13.2 Å². The number of benzene rings is 1. The summed E-state index contributed by atoms with van der Waals surface area (Å²) in [4.78, 5) is 13.5. The van der Waals surface area contributed by atoms with E-state index >= 15 is 0 Å². The van der Waals surface area contributed by atoms with Crippen LogP contribution in [0.2, 0.25) is 0 Å². The summed E-state index contributed by atoms with van der Waals surface area (Å²) >= 11 is 0. The van der Waals surface area contributed by atoms with Crippen LogP contribution in [0.5, 0.6) is 0 Å². The second-order valence-corrected chi connectivity index (χ2v) is 6.75. The average Bonchev–Trinajstić information content (AvgIpc) is 2.41. The van der Waals surface area contributed by atoms with Gasteiger partial charge in [0.05, 0.1) is 11.1 Å². The van der Waals surface area contributed by atoms with Crippen molar-refractivity contribution in [3.05, 3.63) is 24.3 Å². The van der Waals surface area contributed by atoms with Crippen LogP contribution < -0.4 is 16.2 Å². The molecule has 1 aliphatic rings. The molecule has 8 heteroatoms. The molecule has 0 unspecified atom stereocenters. The lowest BCUT2D eigenvalue weighted by atomic mass is 9.91. The molecule has 0 saturated heterocycles. The lowest BCUT2D eigenvalue weighted by molar-refractivity contribution is -0.128. The molecule has 1 aliphatic heterocycles. The van der Waals surface area contributed by atoms with Crippen molar-refractivity contribution in [2.24, 2.45) is 15.7 Å². The summed E-state index contributed by atoms with van der Waals surface area (Å²) < 4.78 is 27.3. The molecule has 108 valence electrons. The number of hydrazine groups is 1. The third kappa shape index (κ3) is 2.52. The molecular formula is C12H16N4O3S. The molecule has 7 nitrogen and oxygen atoms in total. The molecule has 0 fully saturated rings. The summed E-state index contributed by atoms with van der Waals surface area (Å²) in [5.41, 5.74) is 1.81. The first-order valence-corrected chi connectivity index (χ1v) is 7.39. The highest BCUT2D eigenvalue weighted by Crippen LogP contribution is 2.31. The van der Waals surface area contributed by atoms with Gasteiger partial charge in [-0.3, -0.25) is 10.2 Å². The molecule has 1 amide bonds. The predicted octanol–water partition coefficient (Wildman–Crippen LogP) is 0.240. The summed E-state index contributed by atoms with van der Waals surface area (Å²) in [6.07, 6.45) is 1.23. The Morgan fingerprint density at radius 3 is 2.70 bits per heavy atom. The van der Waals surface area contributed by atoms with Crippen molar-refractivity contribution in [1.82, 2.24) is 5.43 Å². The molecule has 0 spiro atoms. The van der Waals surface area contributed by atoms with Crippen LogP contribution in [-0.4, -0.2) is 27.2 Å². The van der Waals surface area contributed by atoms with Crippen molar-refractivity contribution in [3.8, 4) is 0 Å². The van der Waals surface area contributed by atoms with Gasteiger partial charge in [-0.1, -0.05) is 12.1 Å². The van der Waals surface area contributed by atoms with E-state index < -0.39 is 15.4 Å². The molecule has 3 N–H and O–H groups in total. The fourth-order valence-corrected chi connectivity index (χ4v) is 3.02. The number of fused-ring (bicyclic) bond motifs is 1. The number of para-hydroxylation sites is 1. The first-order chi connectivity index (χ1) is 9.28. The van der Waals surface area contributed by atoms with E-state index in [1.54, 1.807) is 36.9 Å². The van der Waals surface area contributed by atoms with Crippen LogP contribution in [0.4, 0.5) is 5.69 Å². The molecular weight excluding hydrogens is 280 g/mol. The third-order valence-corrected chi connectivity index (χ3v) is 4.36. The Bertz CT molecular complexity index is 667. The number of hydrogen-bond donors (Lipinski definition) is 2. The first kappa shape index (κ1) is 14.5.